The van der Waals surface area contributed by atoms with Crippen LogP contribution in [0.3, 0.4) is 0 Å². The second-order valence-electron chi connectivity index (χ2n) is 4.99. The topological polar surface area (TPSA) is 55.8 Å². The predicted molar refractivity (Wildman–Crippen MR) is 84.2 cm³/mol. The summed E-state index contributed by atoms with van der Waals surface area (Å²) in [5.41, 5.74) is 0.910. The Bertz CT molecular complexity index is 303. The number of hydrogen-bond acceptors (Lipinski definition) is 4. The second kappa shape index (κ2) is 10.1. The Morgan fingerprint density at radius 1 is 1.20 bits per heavy atom. The van der Waals surface area contributed by atoms with Gasteiger partial charge in [-0.05, 0) is 37.6 Å². The standard InChI is InChI=1S/C15H30O4Si/c1-6-18-15(17)12-14(13(5)10-11-16)19-20(7-2,8-3)9-4/h10,14,16H,6-9,11-12H2,1-5H3/b13-10-. The quantitative estimate of drug-likeness (QED) is 0.382. The van der Waals surface area contributed by atoms with E-state index >= 15 is 0 Å². The molecule has 0 aromatic heterocycles. The van der Waals surface area contributed by atoms with E-state index in [1.807, 2.05) is 6.92 Å². The maximum Gasteiger partial charge on any atom is 0.308 e. The third-order valence-corrected chi connectivity index (χ3v) is 8.55. The molecule has 0 aliphatic rings. The summed E-state index contributed by atoms with van der Waals surface area (Å²) in [5, 5.41) is 9.06. The summed E-state index contributed by atoms with van der Waals surface area (Å²) in [6.45, 7) is 10.5. The smallest absolute Gasteiger partial charge is 0.308 e. The summed E-state index contributed by atoms with van der Waals surface area (Å²) < 4.78 is 11.4. The number of carbonyl (C=O) groups excluding carboxylic acids is 1. The van der Waals surface area contributed by atoms with Crippen LogP contribution >= 0.6 is 0 Å². The molecule has 1 N–H and O–H groups in total. The third kappa shape index (κ3) is 6.20. The maximum atomic E-state index is 11.7. The fraction of sp³-hybridized carbons (Fsp3) is 0.800. The first-order valence-corrected chi connectivity index (χ1v) is 10.1. The molecule has 0 heterocycles. The molecule has 0 aromatic rings. The van der Waals surface area contributed by atoms with Crippen LogP contribution in [-0.4, -0.2) is 38.7 Å². The van der Waals surface area contributed by atoms with Crippen LogP contribution in [0.1, 0.15) is 41.0 Å². The summed E-state index contributed by atoms with van der Waals surface area (Å²) in [4.78, 5) is 11.7. The number of aliphatic hydroxyl groups excluding tert-OH is 1. The van der Waals surface area contributed by atoms with Gasteiger partial charge in [-0.25, -0.2) is 0 Å². The Balaban J connectivity index is 5.02. The number of hydrogen-bond donors (Lipinski definition) is 1. The predicted octanol–water partition coefficient (Wildman–Crippen LogP) is 3.27. The molecule has 0 saturated carbocycles. The first-order valence-electron chi connectivity index (χ1n) is 7.59. The molecule has 5 heteroatoms. The highest BCUT2D eigenvalue weighted by Gasteiger charge is 2.33. The fourth-order valence-corrected chi connectivity index (χ4v) is 5.12. The van der Waals surface area contributed by atoms with E-state index in [9.17, 15) is 4.79 Å². The summed E-state index contributed by atoms with van der Waals surface area (Å²) in [7, 11) is -1.79. The van der Waals surface area contributed by atoms with Crippen LogP contribution in [0, 0.1) is 0 Å². The highest BCUT2D eigenvalue weighted by Crippen LogP contribution is 2.27. The van der Waals surface area contributed by atoms with Gasteiger partial charge in [-0.15, -0.1) is 0 Å². The van der Waals surface area contributed by atoms with Gasteiger partial charge >= 0.3 is 5.97 Å². The Morgan fingerprint density at radius 2 is 1.75 bits per heavy atom. The van der Waals surface area contributed by atoms with Crippen molar-refractivity contribution in [2.45, 2.75) is 65.3 Å². The van der Waals surface area contributed by atoms with Gasteiger partial charge in [-0.3, -0.25) is 4.79 Å². The van der Waals surface area contributed by atoms with Crippen molar-refractivity contribution in [1.29, 1.82) is 0 Å². The lowest BCUT2D eigenvalue weighted by Gasteiger charge is -2.33. The molecule has 1 unspecified atom stereocenters. The first-order chi connectivity index (χ1) is 9.48. The summed E-state index contributed by atoms with van der Waals surface area (Å²) in [5.74, 6) is -0.241. The molecule has 0 bridgehead atoms. The third-order valence-electron chi connectivity index (χ3n) is 3.90. The Kier molecular flexibility index (Phi) is 9.80. The van der Waals surface area contributed by atoms with Gasteiger partial charge in [0.1, 0.15) is 0 Å². The van der Waals surface area contributed by atoms with Crippen molar-refractivity contribution in [2.75, 3.05) is 13.2 Å². The molecular weight excluding hydrogens is 272 g/mol. The molecule has 0 aliphatic carbocycles. The number of rotatable bonds is 10. The Hall–Kier alpha value is -0.653. The highest BCUT2D eigenvalue weighted by atomic mass is 28.4. The van der Waals surface area contributed by atoms with Crippen LogP contribution in [0.4, 0.5) is 0 Å². The van der Waals surface area contributed by atoms with Gasteiger partial charge < -0.3 is 14.3 Å². The molecule has 0 radical (unpaired) electrons. The van der Waals surface area contributed by atoms with E-state index in [-0.39, 0.29) is 25.1 Å². The summed E-state index contributed by atoms with van der Waals surface area (Å²) in [6.07, 6.45) is 1.67. The number of aliphatic hydroxyl groups is 1. The number of carbonyl (C=O) groups is 1. The molecule has 0 amide bonds. The Morgan fingerprint density at radius 3 is 2.15 bits per heavy atom. The second-order valence-corrected chi connectivity index (χ2v) is 9.71. The molecule has 0 aromatic carbocycles. The van der Waals surface area contributed by atoms with Crippen LogP contribution in [0.2, 0.25) is 18.1 Å². The molecule has 118 valence electrons. The van der Waals surface area contributed by atoms with Crippen LogP contribution in [0.15, 0.2) is 11.6 Å². The van der Waals surface area contributed by atoms with Crippen LogP contribution in [-0.2, 0) is 14.0 Å². The van der Waals surface area contributed by atoms with Crippen molar-refractivity contribution < 1.29 is 19.1 Å². The van der Waals surface area contributed by atoms with Crippen molar-refractivity contribution in [3.8, 4) is 0 Å². The van der Waals surface area contributed by atoms with Crippen molar-refractivity contribution in [3.05, 3.63) is 11.6 Å². The van der Waals surface area contributed by atoms with E-state index in [2.05, 4.69) is 20.8 Å². The molecule has 0 rings (SSSR count). The van der Waals surface area contributed by atoms with Gasteiger partial charge in [0.25, 0.3) is 0 Å². The lowest BCUT2D eigenvalue weighted by Crippen LogP contribution is -2.41. The fourth-order valence-electron chi connectivity index (χ4n) is 2.24. The van der Waals surface area contributed by atoms with Crippen molar-refractivity contribution in [3.63, 3.8) is 0 Å². The maximum absolute atomic E-state index is 11.7. The monoisotopic (exact) mass is 302 g/mol. The lowest BCUT2D eigenvalue weighted by molar-refractivity contribution is -0.144. The van der Waals surface area contributed by atoms with Crippen molar-refractivity contribution in [1.82, 2.24) is 0 Å². The summed E-state index contributed by atoms with van der Waals surface area (Å²) >= 11 is 0. The van der Waals surface area contributed by atoms with E-state index < -0.39 is 8.32 Å². The van der Waals surface area contributed by atoms with E-state index in [1.165, 1.54) is 0 Å². The van der Waals surface area contributed by atoms with Gasteiger partial charge in [-0.1, -0.05) is 26.8 Å². The van der Waals surface area contributed by atoms with Gasteiger partial charge in [0.05, 0.1) is 25.7 Å². The van der Waals surface area contributed by atoms with Crippen molar-refractivity contribution >= 4 is 14.3 Å². The van der Waals surface area contributed by atoms with E-state index in [4.69, 9.17) is 14.3 Å². The van der Waals surface area contributed by atoms with E-state index in [0.29, 0.717) is 6.61 Å². The molecule has 20 heavy (non-hydrogen) atoms. The van der Waals surface area contributed by atoms with Crippen LogP contribution in [0.5, 0.6) is 0 Å². The zero-order valence-corrected chi connectivity index (χ0v) is 14.6. The molecule has 4 nitrogen and oxygen atoms in total. The zero-order chi connectivity index (χ0) is 15.6. The molecule has 0 fully saturated rings. The average molecular weight is 302 g/mol. The summed E-state index contributed by atoms with van der Waals surface area (Å²) in [6, 6.07) is 3.10. The lowest BCUT2D eigenvalue weighted by atomic mass is 10.1. The average Bonchev–Trinajstić information content (AvgIpc) is 2.44. The molecule has 1 atom stereocenters. The number of ether oxygens (including phenoxy) is 1. The minimum atomic E-state index is -1.79. The molecule has 0 spiro atoms. The molecule has 0 saturated heterocycles. The molecular formula is C15H30O4Si. The van der Waals surface area contributed by atoms with E-state index in [1.54, 1.807) is 13.0 Å². The van der Waals surface area contributed by atoms with Gasteiger partial charge in [0.2, 0.25) is 0 Å². The Labute approximate surface area is 124 Å². The van der Waals surface area contributed by atoms with Crippen LogP contribution in [0.25, 0.3) is 0 Å². The van der Waals surface area contributed by atoms with Crippen molar-refractivity contribution in [2.24, 2.45) is 0 Å². The van der Waals surface area contributed by atoms with Gasteiger partial charge in [-0.2, -0.15) is 0 Å². The van der Waals surface area contributed by atoms with Gasteiger partial charge in [0.15, 0.2) is 8.32 Å². The zero-order valence-electron chi connectivity index (χ0n) is 13.6. The largest absolute Gasteiger partial charge is 0.466 e. The molecule has 0 aliphatic heterocycles. The minimum absolute atomic E-state index is 0.0343. The highest BCUT2D eigenvalue weighted by molar-refractivity contribution is 6.73. The van der Waals surface area contributed by atoms with Gasteiger partial charge in [0, 0.05) is 0 Å². The van der Waals surface area contributed by atoms with Crippen LogP contribution < -0.4 is 0 Å². The minimum Gasteiger partial charge on any atom is -0.466 e. The van der Waals surface area contributed by atoms with E-state index in [0.717, 1.165) is 23.7 Å². The SMILES string of the molecule is CCOC(=O)CC(O[Si](CC)(CC)CC)/C(C)=C\CO. The normalized spacial score (nSPS) is 14.2. The number of esters is 1. The first kappa shape index (κ1) is 19.3.